The molecule has 1 amide bonds. The number of aryl methyl sites for hydroxylation is 1. The summed E-state index contributed by atoms with van der Waals surface area (Å²) >= 11 is 0. The molecule has 2 aromatic carbocycles. The number of ether oxygens (including phenoxy) is 1. The number of methoxy groups -OCH3 is 1. The van der Waals surface area contributed by atoms with Crippen LogP contribution in [0.15, 0.2) is 61.2 Å². The zero-order valence-electron chi connectivity index (χ0n) is 18.3. The van der Waals surface area contributed by atoms with Crippen LogP contribution in [0.5, 0.6) is 5.75 Å². The molecular weight excluding hydrogens is 404 g/mol. The molecule has 0 unspecified atom stereocenters. The van der Waals surface area contributed by atoms with Crippen molar-refractivity contribution in [2.24, 2.45) is 7.05 Å². The van der Waals surface area contributed by atoms with E-state index in [9.17, 15) is 4.79 Å². The fourth-order valence-electron chi connectivity index (χ4n) is 4.27. The van der Waals surface area contributed by atoms with Crippen LogP contribution in [0.4, 0.5) is 5.69 Å². The maximum atomic E-state index is 12.9. The molecule has 1 fully saturated rings. The average molecular weight is 431 g/mol. The number of carbonyl (C=O) groups excluding carboxylic acids is 1. The number of rotatable bonds is 5. The first-order chi connectivity index (χ1) is 15.6. The summed E-state index contributed by atoms with van der Waals surface area (Å²) < 4.78 is 9.36. The average Bonchev–Trinajstić information content (AvgIpc) is 3.45. The number of nitrogens with zero attached hydrogens (tertiary/aromatic N) is 6. The van der Waals surface area contributed by atoms with Gasteiger partial charge in [0.1, 0.15) is 12.3 Å². The number of fused-ring (bicyclic) bond motifs is 1. The minimum atomic E-state index is 0.123. The molecule has 1 saturated heterocycles. The molecule has 8 heteroatoms. The summed E-state index contributed by atoms with van der Waals surface area (Å²) in [5.74, 6) is 0.943. The van der Waals surface area contributed by atoms with Gasteiger partial charge in [0.05, 0.1) is 30.7 Å². The summed E-state index contributed by atoms with van der Waals surface area (Å²) in [7, 11) is 3.59. The Balaban J connectivity index is 1.25. The topological polar surface area (TPSA) is 68.4 Å². The van der Waals surface area contributed by atoms with Crippen molar-refractivity contribution in [2.75, 3.05) is 38.2 Å². The summed E-state index contributed by atoms with van der Waals surface area (Å²) in [4.78, 5) is 21.5. The second-order valence-electron chi connectivity index (χ2n) is 8.02. The van der Waals surface area contributed by atoms with Gasteiger partial charge in [-0.25, -0.2) is 4.98 Å². The quantitative estimate of drug-likeness (QED) is 0.487. The molecule has 0 bridgehead atoms. The van der Waals surface area contributed by atoms with E-state index in [1.54, 1.807) is 18.1 Å². The number of aromatic nitrogens is 4. The van der Waals surface area contributed by atoms with Crippen molar-refractivity contribution < 1.29 is 9.53 Å². The maximum Gasteiger partial charge on any atom is 0.242 e. The van der Waals surface area contributed by atoms with E-state index >= 15 is 0 Å². The molecule has 0 spiro atoms. The monoisotopic (exact) mass is 430 g/mol. The molecule has 1 aliphatic heterocycles. The third-order valence-corrected chi connectivity index (χ3v) is 6.03. The van der Waals surface area contributed by atoms with Gasteiger partial charge in [-0.15, -0.1) is 0 Å². The van der Waals surface area contributed by atoms with Crippen LogP contribution in [0.2, 0.25) is 0 Å². The molecule has 0 atom stereocenters. The summed E-state index contributed by atoms with van der Waals surface area (Å²) in [6.07, 6.45) is 5.56. The Morgan fingerprint density at radius 2 is 1.91 bits per heavy atom. The lowest BCUT2D eigenvalue weighted by atomic mass is 10.1. The molecule has 8 nitrogen and oxygen atoms in total. The highest BCUT2D eigenvalue weighted by atomic mass is 16.5. The molecule has 1 aliphatic rings. The minimum absolute atomic E-state index is 0.123. The first-order valence-electron chi connectivity index (χ1n) is 10.7. The number of hydrogen-bond donors (Lipinski definition) is 0. The van der Waals surface area contributed by atoms with Gasteiger partial charge >= 0.3 is 0 Å². The van der Waals surface area contributed by atoms with Crippen molar-refractivity contribution in [2.45, 2.75) is 6.54 Å². The molecule has 5 rings (SSSR count). The van der Waals surface area contributed by atoms with E-state index in [1.165, 1.54) is 0 Å². The molecule has 32 heavy (non-hydrogen) atoms. The Morgan fingerprint density at radius 1 is 1.09 bits per heavy atom. The van der Waals surface area contributed by atoms with Gasteiger partial charge in [-0.1, -0.05) is 12.1 Å². The number of para-hydroxylation sites is 2. The van der Waals surface area contributed by atoms with E-state index in [1.807, 2.05) is 53.2 Å². The molecule has 3 heterocycles. The third kappa shape index (κ3) is 3.79. The van der Waals surface area contributed by atoms with Crippen molar-refractivity contribution in [3.63, 3.8) is 0 Å². The smallest absolute Gasteiger partial charge is 0.242 e. The SMILES string of the molecule is COc1cc(N2CCN(C(=O)Cn3cnc4ccccc43)CC2)ccc1-c1cnn(C)c1. The molecule has 2 aromatic heterocycles. The van der Waals surface area contributed by atoms with Gasteiger partial charge < -0.3 is 19.1 Å². The van der Waals surface area contributed by atoms with Crippen molar-refractivity contribution in [1.82, 2.24) is 24.2 Å². The number of hydrogen-bond acceptors (Lipinski definition) is 5. The van der Waals surface area contributed by atoms with Crippen molar-refractivity contribution >= 4 is 22.6 Å². The van der Waals surface area contributed by atoms with Gasteiger partial charge in [0.2, 0.25) is 5.91 Å². The van der Waals surface area contributed by atoms with E-state index in [-0.39, 0.29) is 5.91 Å². The van der Waals surface area contributed by atoms with Gasteiger partial charge in [-0.2, -0.15) is 5.10 Å². The first-order valence-corrected chi connectivity index (χ1v) is 10.7. The lowest BCUT2D eigenvalue weighted by molar-refractivity contribution is -0.132. The van der Waals surface area contributed by atoms with Crippen LogP contribution in [-0.2, 0) is 18.4 Å². The minimum Gasteiger partial charge on any atom is -0.496 e. The van der Waals surface area contributed by atoms with Crippen LogP contribution in [0, 0.1) is 0 Å². The first kappa shape index (κ1) is 20.1. The molecule has 0 N–H and O–H groups in total. The van der Waals surface area contributed by atoms with Crippen LogP contribution >= 0.6 is 0 Å². The lowest BCUT2D eigenvalue weighted by Gasteiger charge is -2.36. The van der Waals surface area contributed by atoms with Gasteiger partial charge in [-0.3, -0.25) is 9.48 Å². The van der Waals surface area contributed by atoms with Gasteiger partial charge in [0.15, 0.2) is 0 Å². The number of carbonyl (C=O) groups is 1. The van der Waals surface area contributed by atoms with Crippen LogP contribution < -0.4 is 9.64 Å². The number of anilines is 1. The Labute approximate surface area is 186 Å². The van der Waals surface area contributed by atoms with E-state index in [0.29, 0.717) is 19.6 Å². The highest BCUT2D eigenvalue weighted by Crippen LogP contribution is 2.33. The standard InChI is InChI=1S/C24H26N6O2/c1-27-15-18(14-26-27)20-8-7-19(13-23(20)32-2)28-9-11-29(12-10-28)24(31)16-30-17-25-21-5-3-4-6-22(21)30/h3-8,13-15,17H,9-12,16H2,1-2H3. The van der Waals surface area contributed by atoms with Crippen molar-refractivity contribution in [3.8, 4) is 16.9 Å². The Bertz CT molecular complexity index is 1250. The molecular formula is C24H26N6O2. The number of imidazole rings is 1. The summed E-state index contributed by atoms with van der Waals surface area (Å²) in [6.45, 7) is 3.27. The summed E-state index contributed by atoms with van der Waals surface area (Å²) in [5.41, 5.74) is 5.04. The van der Waals surface area contributed by atoms with Crippen molar-refractivity contribution in [3.05, 3.63) is 61.2 Å². The highest BCUT2D eigenvalue weighted by molar-refractivity contribution is 5.81. The van der Waals surface area contributed by atoms with E-state index in [4.69, 9.17) is 4.74 Å². The second kappa shape index (κ2) is 8.37. The van der Waals surface area contributed by atoms with Crippen LogP contribution in [-0.4, -0.2) is 63.4 Å². The fraction of sp³-hybridized carbons (Fsp3) is 0.292. The third-order valence-electron chi connectivity index (χ3n) is 6.03. The summed E-state index contributed by atoms with van der Waals surface area (Å²) in [5, 5.41) is 4.26. The van der Waals surface area contributed by atoms with Crippen LogP contribution in [0.25, 0.3) is 22.2 Å². The predicted molar refractivity (Wildman–Crippen MR) is 124 cm³/mol. The molecule has 0 saturated carbocycles. The van der Waals surface area contributed by atoms with Crippen molar-refractivity contribution in [1.29, 1.82) is 0 Å². The number of benzene rings is 2. The van der Waals surface area contributed by atoms with E-state index in [0.717, 1.165) is 46.7 Å². The Kier molecular flexibility index (Phi) is 5.26. The largest absolute Gasteiger partial charge is 0.496 e. The second-order valence-corrected chi connectivity index (χ2v) is 8.02. The van der Waals surface area contributed by atoms with Gasteiger partial charge in [-0.05, 0) is 24.3 Å². The van der Waals surface area contributed by atoms with Gasteiger partial charge in [0.25, 0.3) is 0 Å². The fourth-order valence-corrected chi connectivity index (χ4v) is 4.27. The Morgan fingerprint density at radius 3 is 2.66 bits per heavy atom. The Hall–Kier alpha value is -3.81. The predicted octanol–water partition coefficient (Wildman–Crippen LogP) is 2.79. The van der Waals surface area contributed by atoms with Gasteiger partial charge in [0, 0.05) is 62.3 Å². The lowest BCUT2D eigenvalue weighted by Crippen LogP contribution is -2.49. The van der Waals surface area contributed by atoms with E-state index < -0.39 is 0 Å². The zero-order valence-corrected chi connectivity index (χ0v) is 18.3. The molecule has 164 valence electrons. The highest BCUT2D eigenvalue weighted by Gasteiger charge is 2.22. The number of amides is 1. The zero-order chi connectivity index (χ0) is 22.1. The maximum absolute atomic E-state index is 12.9. The molecule has 0 radical (unpaired) electrons. The molecule has 4 aromatic rings. The normalized spacial score (nSPS) is 14.2. The number of piperazine rings is 1. The van der Waals surface area contributed by atoms with Crippen LogP contribution in [0.3, 0.4) is 0 Å². The van der Waals surface area contributed by atoms with E-state index in [2.05, 4.69) is 33.2 Å². The molecule has 0 aliphatic carbocycles. The van der Waals surface area contributed by atoms with Crippen LogP contribution in [0.1, 0.15) is 0 Å². The summed E-state index contributed by atoms with van der Waals surface area (Å²) in [6, 6.07) is 14.1.